The summed E-state index contributed by atoms with van der Waals surface area (Å²) in [4.78, 5) is 0.0112. The Bertz CT molecular complexity index is 599. The van der Waals surface area contributed by atoms with Gasteiger partial charge in [0.15, 0.2) is 0 Å². The Hall–Kier alpha value is -0.700. The normalized spacial score (nSPS) is 12.3. The molecule has 0 aliphatic carbocycles. The Morgan fingerprint density at radius 3 is 2.47 bits per heavy atom. The number of aryl methyl sites for hydroxylation is 1. The number of rotatable bonds is 3. The summed E-state index contributed by atoms with van der Waals surface area (Å²) in [6.07, 6.45) is 0. The van der Waals surface area contributed by atoms with Crippen molar-refractivity contribution in [3.05, 3.63) is 63.1 Å². The lowest BCUT2D eigenvalue weighted by molar-refractivity contribution is 0.410. The Balaban J connectivity index is 2.45. The maximum atomic E-state index is 6.06. The van der Waals surface area contributed by atoms with E-state index >= 15 is 0 Å². The van der Waals surface area contributed by atoms with Gasteiger partial charge in [-0.05, 0) is 42.3 Å². The molecule has 4 heteroatoms. The molecule has 1 atom stereocenters. The molecule has 0 aliphatic heterocycles. The molecule has 100 valence electrons. The summed E-state index contributed by atoms with van der Waals surface area (Å²) >= 11 is 15.8. The number of ether oxygens (including phenoxy) is 1. The van der Waals surface area contributed by atoms with Crippen LogP contribution in [-0.4, -0.2) is 7.11 Å². The summed E-state index contributed by atoms with van der Waals surface area (Å²) in [7, 11) is 1.65. The van der Waals surface area contributed by atoms with Crippen molar-refractivity contribution in [3.8, 4) is 5.75 Å². The maximum Gasteiger partial charge on any atom is 0.123 e. The summed E-state index contributed by atoms with van der Waals surface area (Å²) in [6.45, 7) is 1.99. The summed E-state index contributed by atoms with van der Waals surface area (Å²) in [5, 5.41) is 1.45. The zero-order valence-electron chi connectivity index (χ0n) is 10.6. The van der Waals surface area contributed by atoms with Crippen LogP contribution in [0.3, 0.4) is 0 Å². The van der Waals surface area contributed by atoms with Gasteiger partial charge in [0.2, 0.25) is 0 Å². The van der Waals surface area contributed by atoms with Crippen LogP contribution < -0.4 is 4.74 Å². The lowest BCUT2D eigenvalue weighted by Crippen LogP contribution is -1.97. The molecule has 0 aromatic heterocycles. The molecule has 19 heavy (non-hydrogen) atoms. The molecule has 2 aromatic carbocycles. The van der Waals surface area contributed by atoms with E-state index in [-0.39, 0.29) is 4.83 Å². The van der Waals surface area contributed by atoms with Crippen molar-refractivity contribution < 1.29 is 4.74 Å². The van der Waals surface area contributed by atoms with Gasteiger partial charge >= 0.3 is 0 Å². The van der Waals surface area contributed by atoms with Gasteiger partial charge in [-0.15, -0.1) is 0 Å². The number of methoxy groups -OCH3 is 1. The smallest absolute Gasteiger partial charge is 0.123 e. The Morgan fingerprint density at radius 1 is 1.11 bits per heavy atom. The van der Waals surface area contributed by atoms with Gasteiger partial charge < -0.3 is 4.74 Å². The van der Waals surface area contributed by atoms with Gasteiger partial charge in [0.1, 0.15) is 5.75 Å². The second kappa shape index (κ2) is 6.17. The van der Waals surface area contributed by atoms with E-state index in [9.17, 15) is 0 Å². The SMILES string of the molecule is COc1ccc(Cl)cc1C(Br)c1ccc(Cl)c(C)c1. The lowest BCUT2D eigenvalue weighted by atomic mass is 10.0. The molecule has 0 aliphatic rings. The van der Waals surface area contributed by atoms with Crippen LogP contribution in [0.5, 0.6) is 5.75 Å². The van der Waals surface area contributed by atoms with E-state index < -0.39 is 0 Å². The van der Waals surface area contributed by atoms with Gasteiger partial charge in [0.25, 0.3) is 0 Å². The van der Waals surface area contributed by atoms with Crippen LogP contribution in [0.25, 0.3) is 0 Å². The molecule has 2 aromatic rings. The molecular weight excluding hydrogens is 347 g/mol. The zero-order chi connectivity index (χ0) is 14.0. The Morgan fingerprint density at radius 2 is 1.84 bits per heavy atom. The van der Waals surface area contributed by atoms with Crippen molar-refractivity contribution in [1.82, 2.24) is 0 Å². The van der Waals surface area contributed by atoms with E-state index in [0.717, 1.165) is 27.5 Å². The van der Waals surface area contributed by atoms with Crippen molar-refractivity contribution in [1.29, 1.82) is 0 Å². The molecule has 0 spiro atoms. The van der Waals surface area contributed by atoms with Crippen LogP contribution >= 0.6 is 39.1 Å². The number of hydrogen-bond donors (Lipinski definition) is 0. The van der Waals surface area contributed by atoms with Crippen molar-refractivity contribution in [2.24, 2.45) is 0 Å². The molecule has 0 saturated carbocycles. The van der Waals surface area contributed by atoms with Crippen LogP contribution in [0.15, 0.2) is 36.4 Å². The first-order valence-corrected chi connectivity index (χ1v) is 7.43. The fourth-order valence-corrected chi connectivity index (χ4v) is 2.85. The minimum Gasteiger partial charge on any atom is -0.496 e. The summed E-state index contributed by atoms with van der Waals surface area (Å²) < 4.78 is 5.38. The van der Waals surface area contributed by atoms with Crippen molar-refractivity contribution >= 4 is 39.1 Å². The fourth-order valence-electron chi connectivity index (χ4n) is 1.91. The maximum absolute atomic E-state index is 6.06. The van der Waals surface area contributed by atoms with E-state index in [1.807, 2.05) is 37.3 Å². The van der Waals surface area contributed by atoms with Gasteiger partial charge in [-0.2, -0.15) is 0 Å². The van der Waals surface area contributed by atoms with E-state index in [1.54, 1.807) is 7.11 Å². The highest BCUT2D eigenvalue weighted by Crippen LogP contribution is 2.38. The highest BCUT2D eigenvalue weighted by molar-refractivity contribution is 9.09. The predicted octanol–water partition coefficient (Wildman–Crippen LogP) is 5.79. The fraction of sp³-hybridized carbons (Fsp3) is 0.200. The first-order chi connectivity index (χ1) is 9.02. The highest BCUT2D eigenvalue weighted by atomic mass is 79.9. The Labute approximate surface area is 131 Å². The minimum atomic E-state index is 0.0112. The average molecular weight is 360 g/mol. The van der Waals surface area contributed by atoms with E-state index in [4.69, 9.17) is 27.9 Å². The molecular formula is C15H13BrCl2O. The molecule has 0 amide bonds. The second-order valence-electron chi connectivity index (χ2n) is 4.26. The molecule has 0 heterocycles. The quantitative estimate of drug-likeness (QED) is 0.629. The largest absolute Gasteiger partial charge is 0.496 e. The first kappa shape index (κ1) is 14.7. The predicted molar refractivity (Wildman–Crippen MR) is 85.0 cm³/mol. The first-order valence-electron chi connectivity index (χ1n) is 5.76. The molecule has 1 unspecified atom stereocenters. The van der Waals surface area contributed by atoms with Crippen molar-refractivity contribution in [3.63, 3.8) is 0 Å². The van der Waals surface area contributed by atoms with Gasteiger partial charge in [0.05, 0.1) is 11.9 Å². The van der Waals surface area contributed by atoms with Crippen LogP contribution in [0, 0.1) is 6.92 Å². The summed E-state index contributed by atoms with van der Waals surface area (Å²) in [5.41, 5.74) is 3.16. The molecule has 0 radical (unpaired) electrons. The highest BCUT2D eigenvalue weighted by Gasteiger charge is 2.16. The van der Waals surface area contributed by atoms with E-state index in [0.29, 0.717) is 5.02 Å². The third-order valence-corrected chi connectivity index (χ3v) is 4.62. The van der Waals surface area contributed by atoms with Crippen molar-refractivity contribution in [2.75, 3.05) is 7.11 Å². The lowest BCUT2D eigenvalue weighted by Gasteiger charge is -2.16. The Kier molecular flexibility index (Phi) is 4.77. The second-order valence-corrected chi connectivity index (χ2v) is 6.02. The van der Waals surface area contributed by atoms with E-state index in [1.165, 1.54) is 0 Å². The summed E-state index contributed by atoms with van der Waals surface area (Å²) in [6, 6.07) is 11.5. The third kappa shape index (κ3) is 3.25. The third-order valence-electron chi connectivity index (χ3n) is 2.94. The van der Waals surface area contributed by atoms with Gasteiger partial charge in [-0.25, -0.2) is 0 Å². The van der Waals surface area contributed by atoms with Crippen LogP contribution in [-0.2, 0) is 0 Å². The monoisotopic (exact) mass is 358 g/mol. The number of hydrogen-bond acceptors (Lipinski definition) is 1. The van der Waals surface area contributed by atoms with Crippen LogP contribution in [0.2, 0.25) is 10.0 Å². The standard InChI is InChI=1S/C15H13BrCl2O/c1-9-7-10(3-5-13(9)18)15(16)12-8-11(17)4-6-14(12)19-2/h3-8,15H,1-2H3. The zero-order valence-corrected chi connectivity index (χ0v) is 13.7. The van der Waals surface area contributed by atoms with E-state index in [2.05, 4.69) is 22.0 Å². The molecule has 1 nitrogen and oxygen atoms in total. The molecule has 0 bridgehead atoms. The van der Waals surface area contributed by atoms with Gasteiger partial charge in [-0.3, -0.25) is 0 Å². The number of benzene rings is 2. The van der Waals surface area contributed by atoms with Crippen LogP contribution in [0.1, 0.15) is 21.5 Å². The average Bonchev–Trinajstić information content (AvgIpc) is 2.41. The topological polar surface area (TPSA) is 9.23 Å². The molecule has 0 fully saturated rings. The summed E-state index contributed by atoms with van der Waals surface area (Å²) in [5.74, 6) is 0.805. The molecule has 0 N–H and O–H groups in total. The molecule has 2 rings (SSSR count). The number of alkyl halides is 1. The van der Waals surface area contributed by atoms with Crippen molar-refractivity contribution in [2.45, 2.75) is 11.8 Å². The van der Waals surface area contributed by atoms with Gasteiger partial charge in [-0.1, -0.05) is 51.3 Å². The minimum absolute atomic E-state index is 0.0112. The number of halogens is 3. The van der Waals surface area contributed by atoms with Crippen LogP contribution in [0.4, 0.5) is 0 Å². The van der Waals surface area contributed by atoms with Gasteiger partial charge in [0, 0.05) is 15.6 Å². The molecule has 0 saturated heterocycles.